The Kier molecular flexibility index (Phi) is 4.14. The molecule has 0 aromatic heterocycles. The van der Waals surface area contributed by atoms with E-state index in [2.05, 4.69) is 5.32 Å². The third-order valence-corrected chi connectivity index (χ3v) is 3.22. The number of hydrogen-bond acceptors (Lipinski definition) is 4. The minimum atomic E-state index is -4.08. The Balaban J connectivity index is 2.80. The summed E-state index contributed by atoms with van der Waals surface area (Å²) in [5.41, 5.74) is 6.72. The van der Waals surface area contributed by atoms with Crippen molar-refractivity contribution < 1.29 is 13.0 Å². The molecular weight excluding hydrogens is 228 g/mol. The molecule has 1 rings (SSSR count). The minimum absolute atomic E-state index is 0.350. The number of nitrogens with one attached hydrogen (secondary N) is 1. The fourth-order valence-corrected chi connectivity index (χ4v) is 2.14. The molecule has 0 aliphatic rings. The molecule has 6 heteroatoms. The first-order valence-corrected chi connectivity index (χ1v) is 6.52. The average Bonchev–Trinajstić information content (AvgIpc) is 2.19. The summed E-state index contributed by atoms with van der Waals surface area (Å²) in [7, 11) is -4.08. The van der Waals surface area contributed by atoms with E-state index in [9.17, 15) is 8.42 Å². The highest BCUT2D eigenvalue weighted by molar-refractivity contribution is 7.86. The summed E-state index contributed by atoms with van der Waals surface area (Å²) in [5.74, 6) is 0. The maximum absolute atomic E-state index is 11.1. The third kappa shape index (κ3) is 3.71. The topological polar surface area (TPSA) is 92.4 Å². The number of nitrogen functional groups attached to an aromatic ring is 1. The second-order valence-corrected chi connectivity index (χ2v) is 5.16. The van der Waals surface area contributed by atoms with E-state index in [-0.39, 0.29) is 0 Å². The van der Waals surface area contributed by atoms with Crippen LogP contribution in [0.3, 0.4) is 0 Å². The molecule has 5 nitrogen and oxygen atoms in total. The quantitative estimate of drug-likeness (QED) is 0.541. The van der Waals surface area contributed by atoms with Gasteiger partial charge in [-0.05, 0) is 30.7 Å². The fourth-order valence-electron chi connectivity index (χ4n) is 1.32. The standard InChI is InChI=1S/C10H16N2O3S/c1-2-3-10(16(13,14)15)12-9-6-4-8(11)5-7-9/h4-7,10,12H,2-3,11H2,1H3,(H,13,14,15). The Morgan fingerprint density at radius 1 is 1.38 bits per heavy atom. The van der Waals surface area contributed by atoms with Gasteiger partial charge in [-0.3, -0.25) is 4.55 Å². The zero-order chi connectivity index (χ0) is 12.2. The molecule has 0 radical (unpaired) electrons. The van der Waals surface area contributed by atoms with Crippen molar-refractivity contribution in [1.29, 1.82) is 0 Å². The van der Waals surface area contributed by atoms with E-state index in [1.807, 2.05) is 6.92 Å². The van der Waals surface area contributed by atoms with Crippen LogP contribution in [0, 0.1) is 0 Å². The average molecular weight is 244 g/mol. The normalized spacial score (nSPS) is 13.4. The Bertz CT molecular complexity index is 428. The number of hydrogen-bond donors (Lipinski definition) is 3. The van der Waals surface area contributed by atoms with Crippen molar-refractivity contribution in [2.45, 2.75) is 25.1 Å². The summed E-state index contributed by atoms with van der Waals surface area (Å²) in [6, 6.07) is 6.66. The fraction of sp³-hybridized carbons (Fsp3) is 0.400. The Morgan fingerprint density at radius 2 is 1.94 bits per heavy atom. The van der Waals surface area contributed by atoms with E-state index < -0.39 is 15.5 Å². The molecule has 0 spiro atoms. The molecule has 0 aliphatic carbocycles. The van der Waals surface area contributed by atoms with Crippen molar-refractivity contribution in [3.8, 4) is 0 Å². The van der Waals surface area contributed by atoms with Crippen LogP contribution in [0.15, 0.2) is 24.3 Å². The van der Waals surface area contributed by atoms with Crippen molar-refractivity contribution in [1.82, 2.24) is 0 Å². The van der Waals surface area contributed by atoms with Crippen LogP contribution in [0.2, 0.25) is 0 Å². The predicted octanol–water partition coefficient (Wildman–Crippen LogP) is 1.69. The number of anilines is 2. The second kappa shape index (κ2) is 5.18. The van der Waals surface area contributed by atoms with Gasteiger partial charge in [0.1, 0.15) is 0 Å². The van der Waals surface area contributed by atoms with Gasteiger partial charge in [0, 0.05) is 11.4 Å². The van der Waals surface area contributed by atoms with E-state index in [0.717, 1.165) is 0 Å². The molecule has 1 unspecified atom stereocenters. The van der Waals surface area contributed by atoms with Gasteiger partial charge >= 0.3 is 0 Å². The molecule has 90 valence electrons. The van der Waals surface area contributed by atoms with E-state index in [1.54, 1.807) is 24.3 Å². The molecular formula is C10H16N2O3S. The van der Waals surface area contributed by atoms with Gasteiger partial charge in [0.2, 0.25) is 0 Å². The molecule has 0 aliphatic heterocycles. The lowest BCUT2D eigenvalue weighted by Crippen LogP contribution is -2.28. The monoisotopic (exact) mass is 244 g/mol. The van der Waals surface area contributed by atoms with Crippen molar-refractivity contribution in [2.24, 2.45) is 0 Å². The molecule has 0 amide bonds. The van der Waals surface area contributed by atoms with E-state index in [1.165, 1.54) is 0 Å². The van der Waals surface area contributed by atoms with Gasteiger partial charge < -0.3 is 11.1 Å². The van der Waals surface area contributed by atoms with Crippen LogP contribution in [0.4, 0.5) is 11.4 Å². The molecule has 1 aromatic rings. The highest BCUT2D eigenvalue weighted by atomic mass is 32.2. The van der Waals surface area contributed by atoms with Crippen LogP contribution in [0.1, 0.15) is 19.8 Å². The second-order valence-electron chi connectivity index (χ2n) is 3.56. The summed E-state index contributed by atoms with van der Waals surface area (Å²) in [6.07, 6.45) is 1.01. The zero-order valence-corrected chi connectivity index (χ0v) is 9.87. The maximum Gasteiger partial charge on any atom is 0.286 e. The molecule has 0 fully saturated rings. The van der Waals surface area contributed by atoms with Gasteiger partial charge in [0.25, 0.3) is 10.1 Å². The lowest BCUT2D eigenvalue weighted by molar-refractivity contribution is 0.467. The summed E-state index contributed by atoms with van der Waals surface area (Å²) in [4.78, 5) is 0. The molecule has 16 heavy (non-hydrogen) atoms. The van der Waals surface area contributed by atoms with Gasteiger partial charge in [0.05, 0.1) is 0 Å². The van der Waals surface area contributed by atoms with Gasteiger partial charge in [0.15, 0.2) is 5.37 Å². The number of rotatable bonds is 5. The van der Waals surface area contributed by atoms with Crippen LogP contribution in [-0.4, -0.2) is 18.3 Å². The first-order chi connectivity index (χ1) is 7.43. The smallest absolute Gasteiger partial charge is 0.286 e. The minimum Gasteiger partial charge on any atom is -0.399 e. The van der Waals surface area contributed by atoms with Gasteiger partial charge in [-0.15, -0.1) is 0 Å². The number of benzene rings is 1. The lowest BCUT2D eigenvalue weighted by atomic mass is 10.2. The van der Waals surface area contributed by atoms with Crippen molar-refractivity contribution >= 4 is 21.5 Å². The van der Waals surface area contributed by atoms with Crippen molar-refractivity contribution in [2.75, 3.05) is 11.1 Å². The first-order valence-electron chi connectivity index (χ1n) is 5.02. The van der Waals surface area contributed by atoms with Gasteiger partial charge in [-0.25, -0.2) is 0 Å². The summed E-state index contributed by atoms with van der Waals surface area (Å²) >= 11 is 0. The van der Waals surface area contributed by atoms with Gasteiger partial charge in [-0.1, -0.05) is 13.3 Å². The van der Waals surface area contributed by atoms with Crippen molar-refractivity contribution in [3.05, 3.63) is 24.3 Å². The van der Waals surface area contributed by atoms with E-state index in [0.29, 0.717) is 24.2 Å². The lowest BCUT2D eigenvalue weighted by Gasteiger charge is -2.16. The Labute approximate surface area is 95.4 Å². The van der Waals surface area contributed by atoms with Crippen LogP contribution in [-0.2, 0) is 10.1 Å². The molecule has 1 atom stereocenters. The Morgan fingerprint density at radius 3 is 2.38 bits per heavy atom. The molecule has 0 bridgehead atoms. The van der Waals surface area contributed by atoms with Crippen LogP contribution >= 0.6 is 0 Å². The van der Waals surface area contributed by atoms with E-state index >= 15 is 0 Å². The largest absolute Gasteiger partial charge is 0.399 e. The van der Waals surface area contributed by atoms with Gasteiger partial charge in [-0.2, -0.15) is 8.42 Å². The van der Waals surface area contributed by atoms with Crippen molar-refractivity contribution in [3.63, 3.8) is 0 Å². The van der Waals surface area contributed by atoms with E-state index in [4.69, 9.17) is 10.3 Å². The molecule has 0 heterocycles. The van der Waals surface area contributed by atoms with Crippen LogP contribution in [0.25, 0.3) is 0 Å². The molecule has 1 aromatic carbocycles. The molecule has 4 N–H and O–H groups in total. The highest BCUT2D eigenvalue weighted by Crippen LogP contribution is 2.15. The first kappa shape index (κ1) is 12.8. The molecule has 0 saturated carbocycles. The Hall–Kier alpha value is -1.27. The summed E-state index contributed by atoms with van der Waals surface area (Å²) in [6.45, 7) is 1.85. The number of nitrogens with two attached hydrogens (primary N) is 1. The SMILES string of the molecule is CCCC(Nc1ccc(N)cc1)S(=O)(=O)O. The zero-order valence-electron chi connectivity index (χ0n) is 9.05. The maximum atomic E-state index is 11.1. The third-order valence-electron chi connectivity index (χ3n) is 2.15. The molecule has 0 saturated heterocycles. The highest BCUT2D eigenvalue weighted by Gasteiger charge is 2.21. The summed E-state index contributed by atoms with van der Waals surface area (Å²) < 4.78 is 31.1. The summed E-state index contributed by atoms with van der Waals surface area (Å²) in [5, 5.41) is 1.78. The predicted molar refractivity (Wildman–Crippen MR) is 64.7 cm³/mol. The van der Waals surface area contributed by atoms with Crippen LogP contribution < -0.4 is 11.1 Å². The van der Waals surface area contributed by atoms with Crippen LogP contribution in [0.5, 0.6) is 0 Å².